The van der Waals surface area contributed by atoms with Crippen LogP contribution in [-0.4, -0.2) is 42.0 Å². The third kappa shape index (κ3) is 4.33. The number of Topliss-reactive ketones (excluding diaryl/α,β-unsaturated/α-hetero) is 1. The average Bonchev–Trinajstić information content (AvgIpc) is 2.63. The lowest BCUT2D eigenvalue weighted by molar-refractivity contribution is 0.101. The van der Waals surface area contributed by atoms with Crippen molar-refractivity contribution in [2.45, 2.75) is 6.92 Å². The molecule has 1 fully saturated rings. The van der Waals surface area contributed by atoms with Gasteiger partial charge in [0, 0.05) is 43.1 Å². The highest BCUT2D eigenvalue weighted by Crippen LogP contribution is 2.18. The Labute approximate surface area is 152 Å². The van der Waals surface area contributed by atoms with Gasteiger partial charge in [0.15, 0.2) is 10.9 Å². The summed E-state index contributed by atoms with van der Waals surface area (Å²) in [5.41, 5.74) is 2.50. The van der Waals surface area contributed by atoms with Crippen molar-refractivity contribution in [3.8, 4) is 0 Å². The summed E-state index contributed by atoms with van der Waals surface area (Å²) in [5, 5.41) is 3.86. The van der Waals surface area contributed by atoms with Crippen LogP contribution in [0.1, 0.15) is 17.3 Å². The quantitative estimate of drug-likeness (QED) is 0.671. The van der Waals surface area contributed by atoms with Crippen LogP contribution in [-0.2, 0) is 0 Å². The van der Waals surface area contributed by atoms with Crippen LogP contribution in [0.5, 0.6) is 0 Å². The van der Waals surface area contributed by atoms with Gasteiger partial charge >= 0.3 is 0 Å². The SMILES string of the molecule is CC(=O)c1cccc(NC(=S)N2CCN(c3ccc(F)cc3)CC2)c1. The standard InChI is InChI=1S/C19H20FN3OS/c1-14(24)15-3-2-4-17(13-15)21-19(25)23-11-9-22(10-12-23)18-7-5-16(20)6-8-18/h2-8,13H,9-12H2,1H3,(H,21,25). The molecule has 1 aliphatic heterocycles. The Bertz CT molecular complexity index is 770. The van der Waals surface area contributed by atoms with Crippen molar-refractivity contribution in [1.82, 2.24) is 4.90 Å². The Balaban J connectivity index is 1.57. The molecule has 0 unspecified atom stereocenters. The second-order valence-corrected chi connectivity index (χ2v) is 6.40. The summed E-state index contributed by atoms with van der Waals surface area (Å²) < 4.78 is 13.0. The van der Waals surface area contributed by atoms with E-state index in [-0.39, 0.29) is 11.6 Å². The number of nitrogens with zero attached hydrogens (tertiary/aromatic N) is 2. The molecule has 0 radical (unpaired) electrons. The van der Waals surface area contributed by atoms with Crippen molar-refractivity contribution in [3.63, 3.8) is 0 Å². The largest absolute Gasteiger partial charge is 0.368 e. The molecular weight excluding hydrogens is 337 g/mol. The van der Waals surface area contributed by atoms with Crippen molar-refractivity contribution in [2.75, 3.05) is 36.4 Å². The van der Waals surface area contributed by atoms with Gasteiger partial charge in [0.1, 0.15) is 5.82 Å². The molecule has 2 aromatic carbocycles. The minimum atomic E-state index is -0.222. The Hall–Kier alpha value is -2.47. The van der Waals surface area contributed by atoms with E-state index in [2.05, 4.69) is 15.1 Å². The maximum absolute atomic E-state index is 13.0. The van der Waals surface area contributed by atoms with Gasteiger partial charge in [-0.05, 0) is 55.5 Å². The minimum Gasteiger partial charge on any atom is -0.368 e. The molecule has 3 rings (SSSR count). The van der Waals surface area contributed by atoms with Crippen LogP contribution in [0.15, 0.2) is 48.5 Å². The fourth-order valence-electron chi connectivity index (χ4n) is 2.84. The number of carbonyl (C=O) groups excluding carboxylic acids is 1. The minimum absolute atomic E-state index is 0.0301. The van der Waals surface area contributed by atoms with Gasteiger partial charge in [-0.1, -0.05) is 12.1 Å². The highest BCUT2D eigenvalue weighted by atomic mass is 32.1. The molecule has 1 saturated heterocycles. The van der Waals surface area contributed by atoms with Crippen LogP contribution in [0.2, 0.25) is 0 Å². The van der Waals surface area contributed by atoms with Crippen molar-refractivity contribution in [1.29, 1.82) is 0 Å². The predicted octanol–water partition coefficient (Wildman–Crippen LogP) is 3.55. The fourth-order valence-corrected chi connectivity index (χ4v) is 3.14. The van der Waals surface area contributed by atoms with Gasteiger partial charge in [0.25, 0.3) is 0 Å². The second-order valence-electron chi connectivity index (χ2n) is 6.02. The van der Waals surface area contributed by atoms with Crippen LogP contribution >= 0.6 is 12.2 Å². The summed E-state index contributed by atoms with van der Waals surface area (Å²) >= 11 is 5.50. The smallest absolute Gasteiger partial charge is 0.173 e. The lowest BCUT2D eigenvalue weighted by Crippen LogP contribution is -2.50. The van der Waals surface area contributed by atoms with Gasteiger partial charge < -0.3 is 15.1 Å². The van der Waals surface area contributed by atoms with E-state index in [0.717, 1.165) is 37.6 Å². The first-order chi connectivity index (χ1) is 12.0. The zero-order valence-corrected chi connectivity index (χ0v) is 14.9. The molecule has 0 saturated carbocycles. The number of rotatable bonds is 3. The number of hydrogen-bond acceptors (Lipinski definition) is 3. The third-order valence-corrected chi connectivity index (χ3v) is 4.64. The van der Waals surface area contributed by atoms with Crippen molar-refractivity contribution in [2.24, 2.45) is 0 Å². The monoisotopic (exact) mass is 357 g/mol. The topological polar surface area (TPSA) is 35.6 Å². The Morgan fingerprint density at radius 1 is 1.08 bits per heavy atom. The molecule has 1 heterocycles. The summed E-state index contributed by atoms with van der Waals surface area (Å²) in [6, 6.07) is 13.9. The maximum atomic E-state index is 13.0. The Kier molecular flexibility index (Phi) is 5.28. The molecule has 4 nitrogen and oxygen atoms in total. The highest BCUT2D eigenvalue weighted by molar-refractivity contribution is 7.80. The number of benzene rings is 2. The van der Waals surface area contributed by atoms with Crippen molar-refractivity contribution in [3.05, 3.63) is 59.9 Å². The number of anilines is 2. The molecule has 130 valence electrons. The zero-order chi connectivity index (χ0) is 17.8. The zero-order valence-electron chi connectivity index (χ0n) is 14.0. The number of nitrogens with one attached hydrogen (secondary N) is 1. The van der Waals surface area contributed by atoms with E-state index in [1.165, 1.54) is 12.1 Å². The van der Waals surface area contributed by atoms with Crippen LogP contribution in [0.3, 0.4) is 0 Å². The Morgan fingerprint density at radius 2 is 1.76 bits per heavy atom. The molecule has 0 aromatic heterocycles. The van der Waals surface area contributed by atoms with Crippen molar-refractivity contribution >= 4 is 34.5 Å². The summed E-state index contributed by atoms with van der Waals surface area (Å²) in [6.45, 7) is 4.76. The average molecular weight is 357 g/mol. The van der Waals surface area contributed by atoms with Crippen LogP contribution in [0.25, 0.3) is 0 Å². The van der Waals surface area contributed by atoms with E-state index < -0.39 is 0 Å². The Morgan fingerprint density at radius 3 is 2.40 bits per heavy atom. The number of carbonyl (C=O) groups is 1. The van der Waals surface area contributed by atoms with Crippen LogP contribution in [0, 0.1) is 5.82 Å². The van der Waals surface area contributed by atoms with E-state index in [9.17, 15) is 9.18 Å². The van der Waals surface area contributed by atoms with Gasteiger partial charge in [0.2, 0.25) is 0 Å². The lowest BCUT2D eigenvalue weighted by Gasteiger charge is -2.37. The maximum Gasteiger partial charge on any atom is 0.173 e. The number of thiocarbonyl (C=S) groups is 1. The lowest BCUT2D eigenvalue weighted by atomic mass is 10.1. The van der Waals surface area contributed by atoms with E-state index in [0.29, 0.717) is 10.7 Å². The van der Waals surface area contributed by atoms with E-state index in [1.54, 1.807) is 25.1 Å². The first-order valence-corrected chi connectivity index (χ1v) is 8.61. The molecule has 0 aliphatic carbocycles. The summed E-state index contributed by atoms with van der Waals surface area (Å²) in [5.74, 6) is -0.192. The molecule has 1 N–H and O–H groups in total. The second kappa shape index (κ2) is 7.61. The molecule has 25 heavy (non-hydrogen) atoms. The molecule has 0 atom stereocenters. The summed E-state index contributed by atoms with van der Waals surface area (Å²) in [4.78, 5) is 15.8. The van der Waals surface area contributed by atoms with Gasteiger partial charge in [-0.2, -0.15) is 0 Å². The fraction of sp³-hybridized carbons (Fsp3) is 0.263. The predicted molar refractivity (Wildman–Crippen MR) is 103 cm³/mol. The highest BCUT2D eigenvalue weighted by Gasteiger charge is 2.19. The third-order valence-electron chi connectivity index (χ3n) is 4.28. The van der Waals surface area contributed by atoms with E-state index in [1.807, 2.05) is 18.2 Å². The molecule has 6 heteroatoms. The van der Waals surface area contributed by atoms with Gasteiger partial charge in [-0.25, -0.2) is 4.39 Å². The summed E-state index contributed by atoms with van der Waals surface area (Å²) in [6.07, 6.45) is 0. The van der Waals surface area contributed by atoms with Gasteiger partial charge in [-0.15, -0.1) is 0 Å². The van der Waals surface area contributed by atoms with Crippen LogP contribution < -0.4 is 10.2 Å². The van der Waals surface area contributed by atoms with Gasteiger partial charge in [0.05, 0.1) is 0 Å². The number of piperazine rings is 1. The number of hydrogen-bond donors (Lipinski definition) is 1. The van der Waals surface area contributed by atoms with Crippen molar-refractivity contribution < 1.29 is 9.18 Å². The van der Waals surface area contributed by atoms with E-state index in [4.69, 9.17) is 12.2 Å². The number of ketones is 1. The summed E-state index contributed by atoms with van der Waals surface area (Å²) in [7, 11) is 0. The first-order valence-electron chi connectivity index (χ1n) is 8.20. The molecule has 0 amide bonds. The number of halogens is 1. The molecule has 1 aliphatic rings. The first kappa shape index (κ1) is 17.4. The molecular formula is C19H20FN3OS. The van der Waals surface area contributed by atoms with Crippen LogP contribution in [0.4, 0.5) is 15.8 Å². The normalized spacial score (nSPS) is 14.3. The van der Waals surface area contributed by atoms with Gasteiger partial charge in [-0.3, -0.25) is 4.79 Å². The van der Waals surface area contributed by atoms with E-state index >= 15 is 0 Å². The molecule has 0 spiro atoms. The molecule has 2 aromatic rings. The molecule has 0 bridgehead atoms.